The second kappa shape index (κ2) is 5.70. The second-order valence-electron chi connectivity index (χ2n) is 3.47. The highest BCUT2D eigenvalue weighted by molar-refractivity contribution is 7.99. The van der Waals surface area contributed by atoms with Gasteiger partial charge in [0.05, 0.1) is 5.37 Å². The number of unbranched alkanes of at least 4 members (excludes halogenated alkanes) is 1. The first-order valence-corrected chi connectivity index (χ1v) is 6.36. The van der Waals surface area contributed by atoms with Gasteiger partial charge in [0.15, 0.2) is 5.11 Å². The van der Waals surface area contributed by atoms with Crippen LogP contribution in [0.5, 0.6) is 0 Å². The molecule has 1 fully saturated rings. The first-order chi connectivity index (χ1) is 6.22. The van der Waals surface area contributed by atoms with E-state index in [9.17, 15) is 0 Å². The maximum Gasteiger partial charge on any atom is 0.167 e. The molecular formula is C9H18N2S2. The van der Waals surface area contributed by atoms with E-state index in [4.69, 9.17) is 12.2 Å². The predicted octanol–water partition coefficient (Wildman–Crippen LogP) is 2.10. The van der Waals surface area contributed by atoms with Crippen molar-refractivity contribution in [2.24, 2.45) is 0 Å². The number of thiocarbonyl (C=S) groups is 1. The molecule has 4 heteroatoms. The molecule has 0 aromatic carbocycles. The number of thioether (sulfide) groups is 1. The van der Waals surface area contributed by atoms with Crippen molar-refractivity contribution in [3.63, 3.8) is 0 Å². The SMILES string of the molecule is CCCCSC1CC(C)NC(=S)N1. The van der Waals surface area contributed by atoms with Gasteiger partial charge in [-0.1, -0.05) is 13.3 Å². The maximum absolute atomic E-state index is 5.10. The first-order valence-electron chi connectivity index (χ1n) is 4.91. The summed E-state index contributed by atoms with van der Waals surface area (Å²) in [6, 6.07) is 0.521. The molecule has 0 saturated carbocycles. The van der Waals surface area contributed by atoms with E-state index in [0.717, 1.165) is 11.5 Å². The smallest absolute Gasteiger partial charge is 0.167 e. The molecule has 0 spiro atoms. The van der Waals surface area contributed by atoms with E-state index in [-0.39, 0.29) is 0 Å². The third-order valence-electron chi connectivity index (χ3n) is 2.05. The summed E-state index contributed by atoms with van der Waals surface area (Å²) in [5, 5.41) is 7.83. The van der Waals surface area contributed by atoms with Crippen molar-refractivity contribution in [1.82, 2.24) is 10.6 Å². The molecule has 2 unspecified atom stereocenters. The van der Waals surface area contributed by atoms with Crippen molar-refractivity contribution >= 4 is 29.1 Å². The molecule has 2 nitrogen and oxygen atoms in total. The summed E-state index contributed by atoms with van der Waals surface area (Å²) >= 11 is 7.09. The van der Waals surface area contributed by atoms with E-state index < -0.39 is 0 Å². The van der Waals surface area contributed by atoms with Gasteiger partial charge in [0, 0.05) is 6.04 Å². The fourth-order valence-corrected chi connectivity index (χ4v) is 3.11. The van der Waals surface area contributed by atoms with Crippen molar-refractivity contribution < 1.29 is 0 Å². The van der Waals surface area contributed by atoms with Crippen LogP contribution < -0.4 is 10.6 Å². The van der Waals surface area contributed by atoms with Gasteiger partial charge in [-0.25, -0.2) is 0 Å². The van der Waals surface area contributed by atoms with Crippen molar-refractivity contribution in [3.8, 4) is 0 Å². The van der Waals surface area contributed by atoms with Gasteiger partial charge in [0.2, 0.25) is 0 Å². The summed E-state index contributed by atoms with van der Waals surface area (Å²) in [6.45, 7) is 4.41. The molecule has 0 bridgehead atoms. The molecule has 1 aliphatic rings. The van der Waals surface area contributed by atoms with Crippen molar-refractivity contribution in [3.05, 3.63) is 0 Å². The summed E-state index contributed by atoms with van der Waals surface area (Å²) in [4.78, 5) is 0. The minimum Gasteiger partial charge on any atom is -0.360 e. The largest absolute Gasteiger partial charge is 0.360 e. The molecule has 0 amide bonds. The molecule has 13 heavy (non-hydrogen) atoms. The zero-order valence-corrected chi connectivity index (χ0v) is 9.93. The summed E-state index contributed by atoms with van der Waals surface area (Å²) in [6.07, 6.45) is 3.74. The molecule has 0 aromatic heterocycles. The number of rotatable bonds is 4. The van der Waals surface area contributed by atoms with E-state index in [1.807, 2.05) is 11.8 Å². The maximum atomic E-state index is 5.10. The van der Waals surface area contributed by atoms with Gasteiger partial charge in [0.1, 0.15) is 0 Å². The van der Waals surface area contributed by atoms with Crippen LogP contribution in [0.4, 0.5) is 0 Å². The Labute approximate surface area is 90.2 Å². The van der Waals surface area contributed by atoms with Crippen LogP contribution in [0.3, 0.4) is 0 Å². The van der Waals surface area contributed by atoms with Crippen molar-refractivity contribution in [2.75, 3.05) is 5.75 Å². The summed E-state index contributed by atoms with van der Waals surface area (Å²) in [7, 11) is 0. The zero-order chi connectivity index (χ0) is 9.68. The van der Waals surface area contributed by atoms with Crippen LogP contribution in [-0.2, 0) is 0 Å². The summed E-state index contributed by atoms with van der Waals surface area (Å²) < 4.78 is 0. The van der Waals surface area contributed by atoms with Gasteiger partial charge < -0.3 is 10.6 Å². The molecule has 2 atom stereocenters. The molecule has 1 heterocycles. The lowest BCUT2D eigenvalue weighted by Crippen LogP contribution is -2.52. The summed E-state index contributed by atoms with van der Waals surface area (Å²) in [5.74, 6) is 1.24. The molecular weight excluding hydrogens is 200 g/mol. The van der Waals surface area contributed by atoms with Crippen LogP contribution in [0, 0.1) is 0 Å². The fourth-order valence-electron chi connectivity index (χ4n) is 1.33. The van der Waals surface area contributed by atoms with Gasteiger partial charge >= 0.3 is 0 Å². The van der Waals surface area contributed by atoms with Gasteiger partial charge in [0.25, 0.3) is 0 Å². The van der Waals surface area contributed by atoms with Gasteiger partial charge in [-0.3, -0.25) is 0 Å². The Morgan fingerprint density at radius 3 is 2.92 bits per heavy atom. The zero-order valence-electron chi connectivity index (χ0n) is 8.30. The molecule has 0 aliphatic carbocycles. The number of hydrogen-bond donors (Lipinski definition) is 2. The normalized spacial score (nSPS) is 28.0. The van der Waals surface area contributed by atoms with E-state index in [1.54, 1.807) is 0 Å². The average molecular weight is 218 g/mol. The fraction of sp³-hybridized carbons (Fsp3) is 0.889. The average Bonchev–Trinajstić information content (AvgIpc) is 2.03. The van der Waals surface area contributed by atoms with E-state index in [0.29, 0.717) is 11.4 Å². The molecule has 0 aromatic rings. The molecule has 1 rings (SSSR count). The topological polar surface area (TPSA) is 24.1 Å². The Bertz CT molecular complexity index is 173. The van der Waals surface area contributed by atoms with Crippen LogP contribution in [-0.4, -0.2) is 22.3 Å². The third kappa shape index (κ3) is 4.18. The Morgan fingerprint density at radius 2 is 2.31 bits per heavy atom. The Morgan fingerprint density at radius 1 is 1.54 bits per heavy atom. The molecule has 76 valence electrons. The van der Waals surface area contributed by atoms with Crippen LogP contribution >= 0.6 is 24.0 Å². The number of nitrogens with one attached hydrogen (secondary N) is 2. The highest BCUT2D eigenvalue weighted by Crippen LogP contribution is 2.18. The van der Waals surface area contributed by atoms with E-state index in [2.05, 4.69) is 24.5 Å². The summed E-state index contributed by atoms with van der Waals surface area (Å²) in [5.41, 5.74) is 0. The lowest BCUT2D eigenvalue weighted by molar-refractivity contribution is 0.527. The third-order valence-corrected chi connectivity index (χ3v) is 3.53. The minimum absolute atomic E-state index is 0.521. The molecule has 1 saturated heterocycles. The van der Waals surface area contributed by atoms with E-state index >= 15 is 0 Å². The molecule has 1 aliphatic heterocycles. The van der Waals surface area contributed by atoms with Gasteiger partial charge in [-0.2, -0.15) is 0 Å². The minimum atomic E-state index is 0.521. The van der Waals surface area contributed by atoms with Crippen LogP contribution in [0.25, 0.3) is 0 Å². The monoisotopic (exact) mass is 218 g/mol. The molecule has 0 radical (unpaired) electrons. The Kier molecular flexibility index (Phi) is 4.88. The highest BCUT2D eigenvalue weighted by atomic mass is 32.2. The quantitative estimate of drug-likeness (QED) is 0.557. The molecule has 2 N–H and O–H groups in total. The van der Waals surface area contributed by atoms with Gasteiger partial charge in [-0.15, -0.1) is 11.8 Å². The Balaban J connectivity index is 2.21. The second-order valence-corrected chi connectivity index (χ2v) is 5.19. The predicted molar refractivity (Wildman–Crippen MR) is 64.1 cm³/mol. The Hall–Kier alpha value is 0.0400. The number of hydrogen-bond acceptors (Lipinski definition) is 2. The van der Waals surface area contributed by atoms with Crippen molar-refractivity contribution in [2.45, 2.75) is 44.5 Å². The lowest BCUT2D eigenvalue weighted by atomic mass is 10.2. The van der Waals surface area contributed by atoms with Crippen LogP contribution in [0.15, 0.2) is 0 Å². The lowest BCUT2D eigenvalue weighted by Gasteiger charge is -2.30. The standard InChI is InChI=1S/C9H18N2S2/c1-3-4-5-13-8-6-7(2)10-9(12)11-8/h7-8H,3-6H2,1-2H3,(H2,10,11,12). The first kappa shape index (κ1) is 11.1. The van der Waals surface area contributed by atoms with Gasteiger partial charge in [-0.05, 0) is 37.7 Å². The van der Waals surface area contributed by atoms with Crippen LogP contribution in [0.1, 0.15) is 33.1 Å². The van der Waals surface area contributed by atoms with Crippen LogP contribution in [0.2, 0.25) is 0 Å². The van der Waals surface area contributed by atoms with E-state index in [1.165, 1.54) is 18.6 Å². The van der Waals surface area contributed by atoms with Crippen molar-refractivity contribution in [1.29, 1.82) is 0 Å². The highest BCUT2D eigenvalue weighted by Gasteiger charge is 2.20.